The molecule has 24 heavy (non-hydrogen) atoms. The van der Waals surface area contributed by atoms with E-state index in [1.807, 2.05) is 31.3 Å². The molecule has 134 valence electrons. The van der Waals surface area contributed by atoms with Gasteiger partial charge in [-0.1, -0.05) is 39.0 Å². The number of methoxy groups -OCH3 is 1. The van der Waals surface area contributed by atoms with Crippen LogP contribution in [0.2, 0.25) is 0 Å². The van der Waals surface area contributed by atoms with Crippen LogP contribution in [0.3, 0.4) is 0 Å². The number of ether oxygens (including phenoxy) is 1. The topological polar surface area (TPSA) is 61.8 Å². The highest BCUT2D eigenvalue weighted by Crippen LogP contribution is 2.37. The minimum Gasteiger partial charge on any atom is -0.496 e. The number of urea groups is 1. The van der Waals surface area contributed by atoms with Gasteiger partial charge in [-0.2, -0.15) is 0 Å². The largest absolute Gasteiger partial charge is 0.496 e. The van der Waals surface area contributed by atoms with Gasteiger partial charge >= 0.3 is 6.03 Å². The van der Waals surface area contributed by atoms with Gasteiger partial charge in [0.1, 0.15) is 5.75 Å². The van der Waals surface area contributed by atoms with Crippen molar-refractivity contribution >= 4 is 6.03 Å². The SMILES string of the molecule is COc1ccccc1[C@@H](NC(=O)N(C)CC1CC(O)C1)C(C)(C)C. The number of para-hydroxylation sites is 1. The molecule has 1 aromatic rings. The summed E-state index contributed by atoms with van der Waals surface area (Å²) in [7, 11) is 3.45. The second kappa shape index (κ2) is 7.43. The predicted molar refractivity (Wildman–Crippen MR) is 95.1 cm³/mol. The van der Waals surface area contributed by atoms with Crippen molar-refractivity contribution in [1.82, 2.24) is 10.2 Å². The number of aliphatic hydroxyl groups excluding tert-OH is 1. The number of nitrogens with one attached hydrogen (secondary N) is 1. The molecule has 1 saturated carbocycles. The smallest absolute Gasteiger partial charge is 0.317 e. The van der Waals surface area contributed by atoms with Crippen LogP contribution in [0.15, 0.2) is 24.3 Å². The molecule has 2 amide bonds. The van der Waals surface area contributed by atoms with E-state index in [-0.39, 0.29) is 23.6 Å². The lowest BCUT2D eigenvalue weighted by Gasteiger charge is -2.37. The third kappa shape index (κ3) is 4.41. The van der Waals surface area contributed by atoms with Crippen LogP contribution in [-0.2, 0) is 0 Å². The van der Waals surface area contributed by atoms with Crippen molar-refractivity contribution in [3.63, 3.8) is 0 Å². The number of benzene rings is 1. The van der Waals surface area contributed by atoms with Gasteiger partial charge in [0.05, 0.1) is 19.3 Å². The first-order valence-corrected chi connectivity index (χ1v) is 8.55. The van der Waals surface area contributed by atoms with Gasteiger partial charge in [0, 0.05) is 19.2 Å². The van der Waals surface area contributed by atoms with Crippen LogP contribution < -0.4 is 10.1 Å². The molecule has 1 aromatic carbocycles. The summed E-state index contributed by atoms with van der Waals surface area (Å²) in [5, 5.41) is 12.6. The lowest BCUT2D eigenvalue weighted by Crippen LogP contribution is -2.46. The summed E-state index contributed by atoms with van der Waals surface area (Å²) in [6, 6.07) is 7.55. The molecule has 0 unspecified atom stereocenters. The second-order valence-electron chi connectivity index (χ2n) is 7.86. The van der Waals surface area contributed by atoms with Gasteiger partial charge in [0.2, 0.25) is 0 Å². The van der Waals surface area contributed by atoms with Crippen molar-refractivity contribution in [2.45, 2.75) is 45.8 Å². The van der Waals surface area contributed by atoms with Crippen molar-refractivity contribution in [2.75, 3.05) is 20.7 Å². The maximum absolute atomic E-state index is 12.6. The summed E-state index contributed by atoms with van der Waals surface area (Å²) in [5.74, 6) is 1.18. The van der Waals surface area contributed by atoms with E-state index >= 15 is 0 Å². The van der Waals surface area contributed by atoms with Crippen molar-refractivity contribution in [2.24, 2.45) is 11.3 Å². The monoisotopic (exact) mass is 334 g/mol. The number of hydrogen-bond donors (Lipinski definition) is 2. The second-order valence-corrected chi connectivity index (χ2v) is 7.86. The third-order valence-electron chi connectivity index (χ3n) is 4.67. The molecule has 0 bridgehead atoms. The van der Waals surface area contributed by atoms with Crippen LogP contribution >= 0.6 is 0 Å². The standard InChI is InChI=1S/C19H30N2O3/c1-19(2,3)17(15-8-6-7-9-16(15)24-5)20-18(23)21(4)12-13-10-14(22)11-13/h6-9,13-14,17,22H,10-12H2,1-5H3,(H,20,23)/t13?,14?,17-/m1/s1. The van der Waals surface area contributed by atoms with Gasteiger partial charge in [-0.3, -0.25) is 0 Å². The van der Waals surface area contributed by atoms with E-state index in [0.29, 0.717) is 12.5 Å². The van der Waals surface area contributed by atoms with Crippen LogP contribution in [0.25, 0.3) is 0 Å². The Morgan fingerprint density at radius 2 is 2.00 bits per heavy atom. The zero-order valence-corrected chi connectivity index (χ0v) is 15.4. The summed E-state index contributed by atoms with van der Waals surface area (Å²) >= 11 is 0. The van der Waals surface area contributed by atoms with Crippen LogP contribution in [0, 0.1) is 11.3 Å². The Balaban J connectivity index is 2.10. The number of nitrogens with zero attached hydrogens (tertiary/aromatic N) is 1. The lowest BCUT2D eigenvalue weighted by molar-refractivity contribution is 0.0321. The lowest BCUT2D eigenvalue weighted by atomic mass is 9.81. The van der Waals surface area contributed by atoms with E-state index in [0.717, 1.165) is 24.2 Å². The van der Waals surface area contributed by atoms with Crippen LogP contribution in [-0.4, -0.2) is 42.8 Å². The summed E-state index contributed by atoms with van der Waals surface area (Å²) in [4.78, 5) is 14.4. The predicted octanol–water partition coefficient (Wildman–Crippen LogP) is 3.19. The number of carbonyl (C=O) groups is 1. The normalized spacial score (nSPS) is 21.6. The molecule has 1 aliphatic carbocycles. The Labute approximate surface area is 145 Å². The molecule has 0 heterocycles. The molecule has 0 radical (unpaired) electrons. The van der Waals surface area contributed by atoms with Crippen LogP contribution in [0.1, 0.15) is 45.2 Å². The van der Waals surface area contributed by atoms with Crippen molar-refractivity contribution in [1.29, 1.82) is 0 Å². The van der Waals surface area contributed by atoms with Crippen molar-refractivity contribution in [3.05, 3.63) is 29.8 Å². The molecule has 1 fully saturated rings. The van der Waals surface area contributed by atoms with Crippen LogP contribution in [0.4, 0.5) is 4.79 Å². The molecule has 1 aliphatic rings. The highest BCUT2D eigenvalue weighted by atomic mass is 16.5. The Morgan fingerprint density at radius 3 is 2.54 bits per heavy atom. The van der Waals surface area contributed by atoms with Crippen molar-refractivity contribution < 1.29 is 14.6 Å². The fourth-order valence-corrected chi connectivity index (χ4v) is 3.22. The summed E-state index contributed by atoms with van der Waals surface area (Å²) in [5.41, 5.74) is 0.825. The van der Waals surface area contributed by atoms with E-state index in [2.05, 4.69) is 26.1 Å². The first-order valence-electron chi connectivity index (χ1n) is 8.55. The van der Waals surface area contributed by atoms with E-state index in [9.17, 15) is 9.90 Å². The van der Waals surface area contributed by atoms with Gasteiger partial charge in [0.25, 0.3) is 0 Å². The summed E-state index contributed by atoms with van der Waals surface area (Å²) in [6.07, 6.45) is 1.38. The molecule has 2 rings (SSSR count). The number of hydrogen-bond acceptors (Lipinski definition) is 3. The zero-order chi connectivity index (χ0) is 17.9. The van der Waals surface area contributed by atoms with E-state index in [4.69, 9.17) is 4.74 Å². The minimum atomic E-state index is -0.192. The van der Waals surface area contributed by atoms with E-state index in [1.54, 1.807) is 12.0 Å². The third-order valence-corrected chi connectivity index (χ3v) is 4.67. The molecule has 0 spiro atoms. The molecule has 0 aliphatic heterocycles. The number of carbonyl (C=O) groups excluding carboxylic acids is 1. The first kappa shape index (κ1) is 18.6. The molecule has 5 heteroatoms. The Morgan fingerprint density at radius 1 is 1.38 bits per heavy atom. The Kier molecular flexibility index (Phi) is 5.75. The molecule has 2 N–H and O–H groups in total. The molecule has 0 saturated heterocycles. The number of amides is 2. The number of aliphatic hydroxyl groups is 1. The average molecular weight is 334 g/mol. The molecule has 5 nitrogen and oxygen atoms in total. The fourth-order valence-electron chi connectivity index (χ4n) is 3.22. The van der Waals surface area contributed by atoms with Crippen molar-refractivity contribution in [3.8, 4) is 5.75 Å². The Bertz CT molecular complexity index is 562. The fraction of sp³-hybridized carbons (Fsp3) is 0.632. The zero-order valence-electron chi connectivity index (χ0n) is 15.4. The quantitative estimate of drug-likeness (QED) is 0.869. The summed E-state index contributed by atoms with van der Waals surface area (Å²) in [6.45, 7) is 6.98. The maximum atomic E-state index is 12.6. The summed E-state index contributed by atoms with van der Waals surface area (Å²) < 4.78 is 5.47. The molecule has 1 atom stereocenters. The van der Waals surface area contributed by atoms with Gasteiger partial charge in [0.15, 0.2) is 0 Å². The van der Waals surface area contributed by atoms with Gasteiger partial charge in [-0.25, -0.2) is 4.79 Å². The molecule has 0 aromatic heterocycles. The van der Waals surface area contributed by atoms with E-state index < -0.39 is 0 Å². The first-order chi connectivity index (χ1) is 11.2. The molecular formula is C19H30N2O3. The number of rotatable bonds is 5. The highest BCUT2D eigenvalue weighted by molar-refractivity contribution is 5.74. The highest BCUT2D eigenvalue weighted by Gasteiger charge is 2.33. The maximum Gasteiger partial charge on any atom is 0.317 e. The van der Waals surface area contributed by atoms with Gasteiger partial charge < -0.3 is 20.1 Å². The van der Waals surface area contributed by atoms with Gasteiger partial charge in [-0.15, -0.1) is 0 Å². The Hall–Kier alpha value is -1.75. The van der Waals surface area contributed by atoms with Gasteiger partial charge in [-0.05, 0) is 30.2 Å². The average Bonchev–Trinajstić information content (AvgIpc) is 2.49. The van der Waals surface area contributed by atoms with Crippen LogP contribution in [0.5, 0.6) is 5.75 Å². The minimum absolute atomic E-state index is 0.0952. The van der Waals surface area contributed by atoms with E-state index in [1.165, 1.54) is 0 Å². The molecular weight excluding hydrogens is 304 g/mol.